The maximum atomic E-state index is 11.8. The fourth-order valence-corrected chi connectivity index (χ4v) is 2.17. The maximum absolute atomic E-state index is 11.8. The van der Waals surface area contributed by atoms with Gasteiger partial charge in [-0.05, 0) is 47.5 Å². The third-order valence-corrected chi connectivity index (χ3v) is 3.10. The van der Waals surface area contributed by atoms with Crippen molar-refractivity contribution in [2.75, 3.05) is 5.32 Å². The molecule has 0 saturated heterocycles. The molecule has 2 aromatic rings. The third-order valence-electron chi connectivity index (χ3n) is 2.67. The molecule has 4 nitrogen and oxygen atoms in total. The van der Waals surface area contributed by atoms with Gasteiger partial charge in [-0.25, -0.2) is 0 Å². The van der Waals surface area contributed by atoms with Gasteiger partial charge in [-0.2, -0.15) is 0 Å². The Morgan fingerprint density at radius 2 is 2.11 bits per heavy atom. The second-order valence-electron chi connectivity index (χ2n) is 4.19. The van der Waals surface area contributed by atoms with Gasteiger partial charge in [0.15, 0.2) is 0 Å². The molecule has 0 unspecified atom stereocenters. The molecular formula is C13H14BrN3O. The van der Waals surface area contributed by atoms with Crippen LogP contribution in [0.25, 0.3) is 0 Å². The molecule has 0 atom stereocenters. The van der Waals surface area contributed by atoms with Crippen LogP contribution in [-0.4, -0.2) is 9.97 Å². The molecule has 0 fully saturated rings. The topological polar surface area (TPSA) is 57.8 Å². The summed E-state index contributed by atoms with van der Waals surface area (Å²) < 4.78 is 0.905. The molecule has 18 heavy (non-hydrogen) atoms. The summed E-state index contributed by atoms with van der Waals surface area (Å²) in [6.45, 7) is 4.31. The van der Waals surface area contributed by atoms with E-state index in [2.05, 4.69) is 31.2 Å². The quantitative estimate of drug-likeness (QED) is 0.916. The van der Waals surface area contributed by atoms with Crippen LogP contribution in [0.3, 0.4) is 0 Å². The third kappa shape index (κ3) is 2.98. The first-order valence-corrected chi connectivity index (χ1v) is 6.39. The molecule has 0 radical (unpaired) electrons. The Kier molecular flexibility index (Phi) is 3.81. The van der Waals surface area contributed by atoms with Gasteiger partial charge in [0, 0.05) is 28.5 Å². The predicted octanol–water partition coefficient (Wildman–Crippen LogP) is 2.76. The van der Waals surface area contributed by atoms with E-state index in [1.807, 2.05) is 26.0 Å². The maximum Gasteiger partial charge on any atom is 0.253 e. The average Bonchev–Trinajstić information content (AvgIpc) is 2.27. The molecule has 94 valence electrons. The zero-order valence-corrected chi connectivity index (χ0v) is 11.8. The van der Waals surface area contributed by atoms with Gasteiger partial charge in [0.2, 0.25) is 0 Å². The van der Waals surface area contributed by atoms with Crippen LogP contribution in [0.1, 0.15) is 16.8 Å². The molecule has 5 heteroatoms. The molecule has 2 aromatic heterocycles. The number of anilines is 1. The predicted molar refractivity (Wildman–Crippen MR) is 75.8 cm³/mol. The van der Waals surface area contributed by atoms with Gasteiger partial charge in [0.05, 0.1) is 11.9 Å². The van der Waals surface area contributed by atoms with E-state index in [-0.39, 0.29) is 5.56 Å². The van der Waals surface area contributed by atoms with Crippen LogP contribution in [0.4, 0.5) is 5.69 Å². The Labute approximate surface area is 114 Å². The minimum Gasteiger partial charge on any atom is -0.379 e. The van der Waals surface area contributed by atoms with Crippen molar-refractivity contribution in [2.24, 2.45) is 0 Å². The number of aromatic nitrogens is 2. The molecule has 2 heterocycles. The molecular weight excluding hydrogens is 294 g/mol. The lowest BCUT2D eigenvalue weighted by atomic mass is 10.1. The van der Waals surface area contributed by atoms with Crippen molar-refractivity contribution in [3.63, 3.8) is 0 Å². The normalized spacial score (nSPS) is 10.4. The molecule has 0 aliphatic carbocycles. The minimum atomic E-state index is -0.0389. The van der Waals surface area contributed by atoms with Crippen LogP contribution < -0.4 is 10.9 Å². The molecule has 2 N–H and O–H groups in total. The van der Waals surface area contributed by atoms with Crippen LogP contribution in [0.2, 0.25) is 0 Å². The van der Waals surface area contributed by atoms with Crippen molar-refractivity contribution >= 4 is 21.6 Å². The standard InChI is InChI=1S/C13H14BrN3O/c1-8-3-9(2)17-13(18)12(8)7-16-11-4-10(14)5-15-6-11/h3-6,16H,7H2,1-2H3,(H,17,18). The zero-order valence-electron chi connectivity index (χ0n) is 10.2. The summed E-state index contributed by atoms with van der Waals surface area (Å²) in [7, 11) is 0. The smallest absolute Gasteiger partial charge is 0.253 e. The second-order valence-corrected chi connectivity index (χ2v) is 5.10. The Morgan fingerprint density at radius 1 is 1.33 bits per heavy atom. The van der Waals surface area contributed by atoms with Gasteiger partial charge in [0.25, 0.3) is 5.56 Å². The van der Waals surface area contributed by atoms with Gasteiger partial charge in [-0.1, -0.05) is 0 Å². The van der Waals surface area contributed by atoms with Crippen molar-refractivity contribution in [1.29, 1.82) is 0 Å². The van der Waals surface area contributed by atoms with Crippen LogP contribution in [0.5, 0.6) is 0 Å². The Morgan fingerprint density at radius 3 is 2.78 bits per heavy atom. The number of nitrogens with zero attached hydrogens (tertiary/aromatic N) is 1. The minimum absolute atomic E-state index is 0.0389. The molecule has 0 aromatic carbocycles. The second kappa shape index (κ2) is 5.35. The number of halogens is 1. The number of aromatic amines is 1. The van der Waals surface area contributed by atoms with Crippen LogP contribution in [-0.2, 0) is 6.54 Å². The number of pyridine rings is 2. The molecule has 0 amide bonds. The van der Waals surface area contributed by atoms with E-state index >= 15 is 0 Å². The van der Waals surface area contributed by atoms with Gasteiger partial charge in [0.1, 0.15) is 0 Å². The number of hydrogen-bond donors (Lipinski definition) is 2. The monoisotopic (exact) mass is 307 g/mol. The number of aryl methyl sites for hydroxylation is 2. The van der Waals surface area contributed by atoms with Crippen molar-refractivity contribution in [3.05, 3.63) is 56.2 Å². The highest BCUT2D eigenvalue weighted by molar-refractivity contribution is 9.10. The van der Waals surface area contributed by atoms with E-state index in [1.54, 1.807) is 12.4 Å². The molecule has 0 spiro atoms. The van der Waals surface area contributed by atoms with E-state index in [4.69, 9.17) is 0 Å². The first-order chi connectivity index (χ1) is 8.56. The summed E-state index contributed by atoms with van der Waals surface area (Å²) in [6.07, 6.45) is 3.44. The molecule has 0 saturated carbocycles. The first-order valence-electron chi connectivity index (χ1n) is 5.60. The fourth-order valence-electron chi connectivity index (χ4n) is 1.80. The molecule has 2 rings (SSSR count). The van der Waals surface area contributed by atoms with E-state index < -0.39 is 0 Å². The van der Waals surface area contributed by atoms with E-state index in [0.717, 1.165) is 27.0 Å². The van der Waals surface area contributed by atoms with Gasteiger partial charge in [-0.15, -0.1) is 0 Å². The average molecular weight is 308 g/mol. The highest BCUT2D eigenvalue weighted by atomic mass is 79.9. The Hall–Kier alpha value is -1.62. The van der Waals surface area contributed by atoms with E-state index in [9.17, 15) is 4.79 Å². The summed E-state index contributed by atoms with van der Waals surface area (Å²) in [4.78, 5) is 18.7. The lowest BCUT2D eigenvalue weighted by molar-refractivity contribution is 1.01. The molecule has 0 bridgehead atoms. The Bertz CT molecular complexity index is 622. The van der Waals surface area contributed by atoms with Gasteiger partial charge in [-0.3, -0.25) is 9.78 Å². The van der Waals surface area contributed by atoms with E-state index in [0.29, 0.717) is 6.54 Å². The SMILES string of the molecule is Cc1cc(C)c(CNc2cncc(Br)c2)c(=O)[nH]1. The summed E-state index contributed by atoms with van der Waals surface area (Å²) in [5.74, 6) is 0. The van der Waals surface area contributed by atoms with Crippen LogP contribution >= 0.6 is 15.9 Å². The summed E-state index contributed by atoms with van der Waals surface area (Å²) in [5, 5.41) is 3.19. The number of nitrogens with one attached hydrogen (secondary N) is 2. The Balaban J connectivity index is 2.18. The van der Waals surface area contributed by atoms with Crippen LogP contribution in [0, 0.1) is 13.8 Å². The van der Waals surface area contributed by atoms with Crippen molar-refractivity contribution < 1.29 is 0 Å². The summed E-state index contributed by atoms with van der Waals surface area (Å²) in [5.41, 5.74) is 3.46. The fraction of sp³-hybridized carbons (Fsp3) is 0.231. The number of hydrogen-bond acceptors (Lipinski definition) is 3. The van der Waals surface area contributed by atoms with Crippen molar-refractivity contribution in [3.8, 4) is 0 Å². The van der Waals surface area contributed by atoms with Crippen molar-refractivity contribution in [2.45, 2.75) is 20.4 Å². The molecule has 0 aliphatic heterocycles. The molecule has 0 aliphatic rings. The lowest BCUT2D eigenvalue weighted by Crippen LogP contribution is -2.18. The van der Waals surface area contributed by atoms with Crippen molar-refractivity contribution in [1.82, 2.24) is 9.97 Å². The lowest BCUT2D eigenvalue weighted by Gasteiger charge is -2.08. The number of rotatable bonds is 3. The highest BCUT2D eigenvalue weighted by Crippen LogP contribution is 2.14. The largest absolute Gasteiger partial charge is 0.379 e. The van der Waals surface area contributed by atoms with Crippen LogP contribution in [0.15, 0.2) is 33.8 Å². The van der Waals surface area contributed by atoms with Gasteiger partial charge < -0.3 is 10.3 Å². The van der Waals surface area contributed by atoms with E-state index in [1.165, 1.54) is 0 Å². The summed E-state index contributed by atoms with van der Waals surface area (Å²) in [6, 6.07) is 3.89. The highest BCUT2D eigenvalue weighted by Gasteiger charge is 2.05. The zero-order chi connectivity index (χ0) is 13.1. The number of H-pyrrole nitrogens is 1. The first kappa shape index (κ1) is 12.8. The van der Waals surface area contributed by atoms with Gasteiger partial charge >= 0.3 is 0 Å². The summed E-state index contributed by atoms with van der Waals surface area (Å²) >= 11 is 3.36.